The third-order valence-corrected chi connectivity index (χ3v) is 4.71. The Kier molecular flexibility index (Phi) is 6.13. The predicted octanol–water partition coefficient (Wildman–Crippen LogP) is 3.59. The van der Waals surface area contributed by atoms with Crippen molar-refractivity contribution in [3.8, 4) is 6.07 Å². The highest BCUT2D eigenvalue weighted by molar-refractivity contribution is 8.01. The summed E-state index contributed by atoms with van der Waals surface area (Å²) in [5, 5.41) is 20.1. The van der Waals surface area contributed by atoms with Crippen LogP contribution in [0.2, 0.25) is 0 Å². The first-order valence-corrected chi connectivity index (χ1v) is 8.47. The van der Waals surface area contributed by atoms with Crippen LogP contribution in [0.5, 0.6) is 0 Å². The fourth-order valence-electron chi connectivity index (χ4n) is 1.54. The lowest BCUT2D eigenvalue weighted by Gasteiger charge is -1.99. The molecule has 0 saturated carbocycles. The third kappa shape index (κ3) is 4.69. The third-order valence-electron chi connectivity index (χ3n) is 2.53. The van der Waals surface area contributed by atoms with E-state index < -0.39 is 5.91 Å². The van der Waals surface area contributed by atoms with Crippen LogP contribution >= 0.6 is 23.1 Å². The zero-order valence-electron chi connectivity index (χ0n) is 11.9. The predicted molar refractivity (Wildman–Crippen MR) is 89.6 cm³/mol. The molecule has 0 unspecified atom stereocenters. The molecule has 0 bridgehead atoms. The van der Waals surface area contributed by atoms with Crippen LogP contribution in [0, 0.1) is 11.3 Å². The fraction of sp³-hybridized carbons (Fsp3) is 0.200. The number of carbonyl (C=O) groups excluding carboxylic acids is 1. The molecule has 0 atom stereocenters. The Morgan fingerprint density at radius 2 is 2.18 bits per heavy atom. The van der Waals surface area contributed by atoms with E-state index in [2.05, 4.69) is 22.4 Å². The summed E-state index contributed by atoms with van der Waals surface area (Å²) in [4.78, 5) is 12.1. The molecular formula is C15H14N4OS2. The van der Waals surface area contributed by atoms with E-state index in [-0.39, 0.29) is 5.57 Å². The molecule has 1 N–H and O–H groups in total. The molecule has 0 aliphatic rings. The number of anilines is 1. The average molecular weight is 330 g/mol. The minimum atomic E-state index is -0.477. The Bertz CT molecular complexity index is 704. The Morgan fingerprint density at radius 1 is 1.41 bits per heavy atom. The van der Waals surface area contributed by atoms with Crippen LogP contribution in [0.3, 0.4) is 0 Å². The minimum absolute atomic E-state index is 0.0316. The van der Waals surface area contributed by atoms with Crippen molar-refractivity contribution in [2.24, 2.45) is 0 Å². The number of rotatable bonds is 6. The second-order valence-electron chi connectivity index (χ2n) is 4.26. The van der Waals surface area contributed by atoms with Crippen molar-refractivity contribution in [1.29, 1.82) is 5.26 Å². The summed E-state index contributed by atoms with van der Waals surface area (Å²) in [5.41, 5.74) is 0.829. The molecule has 7 heteroatoms. The number of aromatic nitrogens is 2. The van der Waals surface area contributed by atoms with Crippen LogP contribution < -0.4 is 5.32 Å². The van der Waals surface area contributed by atoms with Crippen LogP contribution in [0.4, 0.5) is 5.13 Å². The molecule has 0 aliphatic carbocycles. The summed E-state index contributed by atoms with van der Waals surface area (Å²) in [7, 11) is 0. The van der Waals surface area contributed by atoms with E-state index in [9.17, 15) is 4.79 Å². The maximum atomic E-state index is 12.1. The quantitative estimate of drug-likeness (QED) is 0.379. The molecule has 22 heavy (non-hydrogen) atoms. The molecule has 0 fully saturated rings. The van der Waals surface area contributed by atoms with Crippen LogP contribution in [-0.2, 0) is 4.79 Å². The Morgan fingerprint density at radius 3 is 2.86 bits per heavy atom. The molecule has 5 nitrogen and oxygen atoms in total. The maximum Gasteiger partial charge on any atom is 0.268 e. The van der Waals surface area contributed by atoms with Gasteiger partial charge in [-0.15, -0.1) is 10.2 Å². The van der Waals surface area contributed by atoms with Gasteiger partial charge in [0.05, 0.1) is 0 Å². The molecule has 1 aromatic carbocycles. The van der Waals surface area contributed by atoms with Crippen molar-refractivity contribution >= 4 is 40.2 Å². The lowest BCUT2D eigenvalue weighted by Crippen LogP contribution is -2.13. The Hall–Kier alpha value is -2.17. The van der Waals surface area contributed by atoms with Crippen LogP contribution in [0.15, 0.2) is 40.2 Å². The Balaban J connectivity index is 2.05. The maximum absolute atomic E-state index is 12.1. The van der Waals surface area contributed by atoms with Crippen LogP contribution in [0.25, 0.3) is 6.08 Å². The van der Waals surface area contributed by atoms with E-state index >= 15 is 0 Å². The number of carbonyl (C=O) groups is 1. The molecule has 0 spiro atoms. The lowest BCUT2D eigenvalue weighted by molar-refractivity contribution is -0.112. The highest BCUT2D eigenvalue weighted by Crippen LogP contribution is 2.26. The zero-order valence-corrected chi connectivity index (χ0v) is 13.6. The molecule has 2 rings (SSSR count). The summed E-state index contributed by atoms with van der Waals surface area (Å²) in [6.45, 7) is 2.09. The number of nitrogens with zero attached hydrogens (tertiary/aromatic N) is 3. The van der Waals surface area contributed by atoms with E-state index in [0.717, 1.165) is 22.1 Å². The number of nitriles is 1. The number of thioether (sulfide) groups is 1. The topological polar surface area (TPSA) is 78.7 Å². The van der Waals surface area contributed by atoms with Gasteiger partial charge in [-0.05, 0) is 18.1 Å². The second kappa shape index (κ2) is 8.32. The fourth-order valence-corrected chi connectivity index (χ4v) is 3.21. The van der Waals surface area contributed by atoms with Crippen molar-refractivity contribution in [2.75, 3.05) is 11.1 Å². The standard InChI is InChI=1S/C15H14N4OS2/c1-2-8-21-15-19-18-14(22-15)17-13(20)12(10-16)9-11-6-4-3-5-7-11/h3-7,9H,2,8H2,1H3,(H,17,18,20)/b12-9+. The number of hydrogen-bond donors (Lipinski definition) is 1. The number of benzene rings is 1. The van der Waals surface area contributed by atoms with Gasteiger partial charge in [-0.1, -0.05) is 60.4 Å². The van der Waals surface area contributed by atoms with Crippen LogP contribution in [0.1, 0.15) is 18.9 Å². The monoisotopic (exact) mass is 330 g/mol. The molecule has 1 heterocycles. The van der Waals surface area contributed by atoms with Gasteiger partial charge in [0.15, 0.2) is 4.34 Å². The van der Waals surface area contributed by atoms with Crippen molar-refractivity contribution in [1.82, 2.24) is 10.2 Å². The van der Waals surface area contributed by atoms with E-state index in [1.807, 2.05) is 36.4 Å². The summed E-state index contributed by atoms with van der Waals surface area (Å²) in [6.07, 6.45) is 2.59. The zero-order chi connectivity index (χ0) is 15.8. The molecule has 0 radical (unpaired) electrons. The first-order valence-electron chi connectivity index (χ1n) is 6.67. The summed E-state index contributed by atoms with van der Waals surface area (Å²) in [6, 6.07) is 11.1. The molecule has 0 aliphatic heterocycles. The Labute approximate surface area is 137 Å². The second-order valence-corrected chi connectivity index (χ2v) is 6.58. The number of amides is 1. The van der Waals surface area contributed by atoms with E-state index in [1.54, 1.807) is 17.8 Å². The van der Waals surface area contributed by atoms with Gasteiger partial charge in [0.2, 0.25) is 5.13 Å². The smallest absolute Gasteiger partial charge is 0.268 e. The van der Waals surface area contributed by atoms with Crippen molar-refractivity contribution in [3.05, 3.63) is 41.5 Å². The van der Waals surface area contributed by atoms with Crippen molar-refractivity contribution < 1.29 is 4.79 Å². The van der Waals surface area contributed by atoms with Gasteiger partial charge in [-0.3, -0.25) is 10.1 Å². The van der Waals surface area contributed by atoms with Gasteiger partial charge >= 0.3 is 0 Å². The summed E-state index contributed by atoms with van der Waals surface area (Å²) in [5.74, 6) is 0.481. The molecular weight excluding hydrogens is 316 g/mol. The van der Waals surface area contributed by atoms with Crippen molar-refractivity contribution in [3.63, 3.8) is 0 Å². The highest BCUT2D eigenvalue weighted by atomic mass is 32.2. The van der Waals surface area contributed by atoms with E-state index in [4.69, 9.17) is 5.26 Å². The normalized spacial score (nSPS) is 11.0. The van der Waals surface area contributed by atoms with Gasteiger partial charge in [0, 0.05) is 5.75 Å². The van der Waals surface area contributed by atoms with Gasteiger partial charge in [-0.2, -0.15) is 5.26 Å². The molecule has 112 valence electrons. The van der Waals surface area contributed by atoms with E-state index in [0.29, 0.717) is 5.13 Å². The summed E-state index contributed by atoms with van der Waals surface area (Å²) < 4.78 is 0.808. The molecule has 0 saturated heterocycles. The molecule has 2 aromatic rings. The molecule has 1 aromatic heterocycles. The number of hydrogen-bond acceptors (Lipinski definition) is 6. The number of nitrogens with one attached hydrogen (secondary N) is 1. The molecule has 1 amide bonds. The first kappa shape index (κ1) is 16.2. The highest BCUT2D eigenvalue weighted by Gasteiger charge is 2.12. The van der Waals surface area contributed by atoms with Crippen molar-refractivity contribution in [2.45, 2.75) is 17.7 Å². The van der Waals surface area contributed by atoms with Crippen LogP contribution in [-0.4, -0.2) is 21.9 Å². The lowest BCUT2D eigenvalue weighted by atomic mass is 10.1. The van der Waals surface area contributed by atoms with Gasteiger partial charge in [0.25, 0.3) is 5.91 Å². The van der Waals surface area contributed by atoms with Gasteiger partial charge in [0.1, 0.15) is 11.6 Å². The van der Waals surface area contributed by atoms with Gasteiger partial charge < -0.3 is 0 Å². The first-order chi connectivity index (χ1) is 10.7. The largest absolute Gasteiger partial charge is 0.296 e. The summed E-state index contributed by atoms with van der Waals surface area (Å²) >= 11 is 2.91. The van der Waals surface area contributed by atoms with E-state index in [1.165, 1.54) is 11.3 Å². The SMILES string of the molecule is CCCSc1nnc(NC(=O)/C(C#N)=C/c2ccccc2)s1. The average Bonchev–Trinajstić information content (AvgIpc) is 2.98. The van der Waals surface area contributed by atoms with Gasteiger partial charge in [-0.25, -0.2) is 0 Å². The minimum Gasteiger partial charge on any atom is -0.296 e.